The maximum Gasteiger partial charge on any atom is 0.244 e. The molecule has 2 atom stereocenters. The van der Waals surface area contributed by atoms with Crippen molar-refractivity contribution < 1.29 is 14.3 Å². The molecule has 0 aliphatic carbocycles. The van der Waals surface area contributed by atoms with Crippen LogP contribution in [0.2, 0.25) is 0 Å². The number of hydrogen-bond donors (Lipinski definition) is 0. The van der Waals surface area contributed by atoms with Crippen LogP contribution >= 0.6 is 0 Å². The largest absolute Gasteiger partial charge is 0.497 e. The fraction of sp³-hybridized carbons (Fsp3) is 0.640. The number of likely N-dealkylation sites (tertiary alicyclic amines) is 1. The maximum absolute atomic E-state index is 13.5. The lowest BCUT2D eigenvalue weighted by atomic mass is 9.88. The fourth-order valence-electron chi connectivity index (χ4n) is 4.74. The van der Waals surface area contributed by atoms with Crippen LogP contribution in [0, 0.1) is 5.41 Å². The maximum atomic E-state index is 13.5. The average molecular weight is 428 g/mol. The number of amides is 1. The van der Waals surface area contributed by atoms with E-state index in [-0.39, 0.29) is 18.2 Å². The summed E-state index contributed by atoms with van der Waals surface area (Å²) < 4.78 is 7.09. The van der Waals surface area contributed by atoms with Gasteiger partial charge in [-0.1, -0.05) is 47.5 Å². The number of rotatable bonds is 8. The van der Waals surface area contributed by atoms with Crippen LogP contribution in [0.3, 0.4) is 0 Å². The SMILES string of the molecule is CCC[C@@H]1CC[C@H](CCC)N1C(=O)Cn1nc(C(=O)C(C)(C)C)c2ccc(OC)cc21. The van der Waals surface area contributed by atoms with Crippen LogP contribution in [0.1, 0.15) is 83.6 Å². The van der Waals surface area contributed by atoms with Crippen molar-refractivity contribution in [1.29, 1.82) is 0 Å². The molecule has 1 amide bonds. The van der Waals surface area contributed by atoms with E-state index in [1.807, 2.05) is 39.0 Å². The average Bonchev–Trinajstić information content (AvgIpc) is 3.28. The molecule has 1 saturated heterocycles. The molecule has 0 saturated carbocycles. The number of carbonyl (C=O) groups excluding carboxylic acids is 2. The van der Waals surface area contributed by atoms with Crippen LogP contribution in [-0.4, -0.2) is 45.6 Å². The number of fused-ring (bicyclic) bond motifs is 1. The second kappa shape index (κ2) is 9.41. The molecule has 3 rings (SSSR count). The minimum Gasteiger partial charge on any atom is -0.497 e. The van der Waals surface area contributed by atoms with Gasteiger partial charge in [-0.2, -0.15) is 5.10 Å². The standard InChI is InChI=1S/C25H37N3O3/c1-7-9-17-11-12-18(10-8-2)28(17)22(29)16-27-21-15-19(31-6)13-14-20(21)23(26-27)24(30)25(3,4)5/h13-15,17-18H,7-12,16H2,1-6H3/t17-,18+. The molecule has 6 nitrogen and oxygen atoms in total. The number of nitrogens with zero attached hydrogens (tertiary/aromatic N) is 3. The summed E-state index contributed by atoms with van der Waals surface area (Å²) in [5.41, 5.74) is 0.636. The van der Waals surface area contributed by atoms with Gasteiger partial charge in [-0.05, 0) is 37.8 Å². The van der Waals surface area contributed by atoms with Gasteiger partial charge in [0.1, 0.15) is 18.0 Å². The second-order valence-corrected chi connectivity index (χ2v) is 9.73. The van der Waals surface area contributed by atoms with E-state index in [4.69, 9.17) is 4.74 Å². The number of carbonyl (C=O) groups is 2. The summed E-state index contributed by atoms with van der Waals surface area (Å²) in [5.74, 6) is 0.754. The first-order valence-corrected chi connectivity index (χ1v) is 11.6. The lowest BCUT2D eigenvalue weighted by Crippen LogP contribution is -2.43. The molecule has 2 heterocycles. The number of benzene rings is 1. The predicted octanol–water partition coefficient (Wildman–Crippen LogP) is 5.23. The molecule has 0 spiro atoms. The molecule has 1 fully saturated rings. The van der Waals surface area contributed by atoms with Crippen molar-refractivity contribution in [3.05, 3.63) is 23.9 Å². The van der Waals surface area contributed by atoms with Gasteiger partial charge < -0.3 is 9.64 Å². The molecule has 0 radical (unpaired) electrons. The van der Waals surface area contributed by atoms with Gasteiger partial charge in [-0.15, -0.1) is 0 Å². The Balaban J connectivity index is 1.99. The van der Waals surface area contributed by atoms with Crippen molar-refractivity contribution in [2.24, 2.45) is 5.41 Å². The van der Waals surface area contributed by atoms with Gasteiger partial charge in [-0.3, -0.25) is 14.3 Å². The molecule has 170 valence electrons. The van der Waals surface area contributed by atoms with Gasteiger partial charge in [0, 0.05) is 29.0 Å². The normalized spacial score (nSPS) is 19.2. The Bertz CT molecular complexity index is 927. The Hall–Kier alpha value is -2.37. The Kier molecular flexibility index (Phi) is 7.07. The first-order chi connectivity index (χ1) is 14.7. The van der Waals surface area contributed by atoms with Crippen molar-refractivity contribution >= 4 is 22.6 Å². The van der Waals surface area contributed by atoms with Gasteiger partial charge in [0.15, 0.2) is 5.78 Å². The third kappa shape index (κ3) is 4.78. The summed E-state index contributed by atoms with van der Waals surface area (Å²) in [6.45, 7) is 10.2. The van der Waals surface area contributed by atoms with E-state index in [0.29, 0.717) is 23.5 Å². The molecule has 0 N–H and O–H groups in total. The van der Waals surface area contributed by atoms with Crippen LogP contribution < -0.4 is 4.74 Å². The molecular formula is C25H37N3O3. The molecule has 0 bridgehead atoms. The molecule has 1 aliphatic heterocycles. The number of Topliss-reactive ketones (excluding diaryl/α,β-unsaturated/α-hetero) is 1. The highest BCUT2D eigenvalue weighted by molar-refractivity contribution is 6.08. The summed E-state index contributed by atoms with van der Waals surface area (Å²) in [7, 11) is 1.61. The lowest BCUT2D eigenvalue weighted by molar-refractivity contribution is -0.135. The summed E-state index contributed by atoms with van der Waals surface area (Å²) >= 11 is 0. The van der Waals surface area contributed by atoms with E-state index in [0.717, 1.165) is 49.4 Å². The Morgan fingerprint density at radius 1 is 1.10 bits per heavy atom. The van der Waals surface area contributed by atoms with Gasteiger partial charge in [0.05, 0.1) is 12.6 Å². The van der Waals surface area contributed by atoms with Gasteiger partial charge in [0.2, 0.25) is 5.91 Å². The molecule has 2 aromatic rings. The minimum atomic E-state index is -0.552. The van der Waals surface area contributed by atoms with E-state index in [1.54, 1.807) is 11.8 Å². The zero-order valence-electron chi connectivity index (χ0n) is 19.9. The minimum absolute atomic E-state index is 0.0252. The van der Waals surface area contributed by atoms with Crippen molar-refractivity contribution in [3.63, 3.8) is 0 Å². The van der Waals surface area contributed by atoms with Crippen LogP contribution in [-0.2, 0) is 11.3 Å². The first kappa shape index (κ1) is 23.3. The van der Waals surface area contributed by atoms with Crippen molar-refractivity contribution in [1.82, 2.24) is 14.7 Å². The van der Waals surface area contributed by atoms with E-state index in [2.05, 4.69) is 23.8 Å². The van der Waals surface area contributed by atoms with Crippen LogP contribution in [0.4, 0.5) is 0 Å². The molecule has 31 heavy (non-hydrogen) atoms. The van der Waals surface area contributed by atoms with E-state index >= 15 is 0 Å². The molecule has 1 aliphatic rings. The summed E-state index contributed by atoms with van der Waals surface area (Å²) in [6, 6.07) is 6.19. The van der Waals surface area contributed by atoms with Crippen molar-refractivity contribution in [3.8, 4) is 5.75 Å². The quantitative estimate of drug-likeness (QED) is 0.541. The van der Waals surface area contributed by atoms with Crippen LogP contribution in [0.25, 0.3) is 10.9 Å². The number of aromatic nitrogens is 2. The monoisotopic (exact) mass is 427 g/mol. The van der Waals surface area contributed by atoms with Gasteiger partial charge in [-0.25, -0.2) is 0 Å². The smallest absolute Gasteiger partial charge is 0.244 e. The molecular weight excluding hydrogens is 390 g/mol. The summed E-state index contributed by atoms with van der Waals surface area (Å²) in [5, 5.41) is 5.42. The van der Waals surface area contributed by atoms with Crippen LogP contribution in [0.5, 0.6) is 5.75 Å². The molecule has 1 aromatic heterocycles. The highest BCUT2D eigenvalue weighted by Gasteiger charge is 2.36. The van der Waals surface area contributed by atoms with Crippen molar-refractivity contribution in [2.45, 2.75) is 91.8 Å². The van der Waals surface area contributed by atoms with E-state index < -0.39 is 5.41 Å². The molecule has 0 unspecified atom stereocenters. The van der Waals surface area contributed by atoms with Gasteiger partial charge >= 0.3 is 0 Å². The highest BCUT2D eigenvalue weighted by atomic mass is 16.5. The fourth-order valence-corrected chi connectivity index (χ4v) is 4.74. The molecule has 1 aromatic carbocycles. The third-order valence-corrected chi connectivity index (χ3v) is 6.29. The number of ketones is 1. The van der Waals surface area contributed by atoms with Crippen molar-refractivity contribution in [2.75, 3.05) is 7.11 Å². The topological polar surface area (TPSA) is 64.4 Å². The van der Waals surface area contributed by atoms with E-state index in [1.165, 1.54) is 0 Å². The Labute approximate surface area is 185 Å². The number of methoxy groups -OCH3 is 1. The first-order valence-electron chi connectivity index (χ1n) is 11.6. The lowest BCUT2D eigenvalue weighted by Gasteiger charge is -2.30. The summed E-state index contributed by atoms with van der Waals surface area (Å²) in [4.78, 5) is 28.7. The Morgan fingerprint density at radius 3 is 2.23 bits per heavy atom. The second-order valence-electron chi connectivity index (χ2n) is 9.73. The molecule has 6 heteroatoms. The zero-order chi connectivity index (χ0) is 22.8. The third-order valence-electron chi connectivity index (χ3n) is 6.29. The summed E-state index contributed by atoms with van der Waals surface area (Å²) in [6.07, 6.45) is 6.36. The highest BCUT2D eigenvalue weighted by Crippen LogP contribution is 2.32. The van der Waals surface area contributed by atoms with Gasteiger partial charge in [0.25, 0.3) is 0 Å². The number of ether oxygens (including phenoxy) is 1. The van der Waals surface area contributed by atoms with E-state index in [9.17, 15) is 9.59 Å². The Morgan fingerprint density at radius 2 is 1.71 bits per heavy atom. The zero-order valence-corrected chi connectivity index (χ0v) is 19.9. The number of hydrogen-bond acceptors (Lipinski definition) is 4. The van der Waals surface area contributed by atoms with Crippen LogP contribution in [0.15, 0.2) is 18.2 Å². The predicted molar refractivity (Wildman–Crippen MR) is 124 cm³/mol.